The van der Waals surface area contributed by atoms with Crippen LogP contribution >= 0.6 is 22.9 Å². The van der Waals surface area contributed by atoms with E-state index in [0.29, 0.717) is 17.5 Å². The van der Waals surface area contributed by atoms with Crippen LogP contribution in [-0.2, 0) is 6.61 Å². The van der Waals surface area contributed by atoms with Crippen LogP contribution in [0.2, 0.25) is 5.15 Å². The largest absolute Gasteiger partial charge is 0.497 e. The molecular weight excluding hydrogens is 332 g/mol. The molecular formula is C17H15ClN2O2S. The summed E-state index contributed by atoms with van der Waals surface area (Å²) >= 11 is 7.63. The van der Waals surface area contributed by atoms with Crippen molar-refractivity contribution in [3.8, 4) is 22.1 Å². The van der Waals surface area contributed by atoms with Crippen LogP contribution in [0, 0.1) is 6.92 Å². The summed E-state index contributed by atoms with van der Waals surface area (Å²) in [5.41, 5.74) is 2.83. The van der Waals surface area contributed by atoms with Gasteiger partial charge in [0, 0.05) is 17.1 Å². The van der Waals surface area contributed by atoms with Crippen LogP contribution in [0.1, 0.15) is 11.3 Å². The second-order valence-electron chi connectivity index (χ2n) is 4.91. The summed E-state index contributed by atoms with van der Waals surface area (Å²) in [6.07, 6.45) is 1.66. The lowest BCUT2D eigenvalue weighted by atomic mass is 10.2. The molecule has 3 aromatic rings. The van der Waals surface area contributed by atoms with E-state index in [2.05, 4.69) is 9.97 Å². The second kappa shape index (κ2) is 6.98. The highest BCUT2D eigenvalue weighted by molar-refractivity contribution is 7.13. The van der Waals surface area contributed by atoms with Gasteiger partial charge in [-0.05, 0) is 30.7 Å². The van der Waals surface area contributed by atoms with Gasteiger partial charge in [-0.1, -0.05) is 23.7 Å². The number of nitrogens with zero attached hydrogens (tertiary/aromatic N) is 2. The van der Waals surface area contributed by atoms with Crippen LogP contribution in [0.5, 0.6) is 11.5 Å². The van der Waals surface area contributed by atoms with Crippen LogP contribution in [0.25, 0.3) is 10.6 Å². The number of rotatable bonds is 5. The molecule has 0 N–H and O–H groups in total. The molecule has 0 spiro atoms. The lowest BCUT2D eigenvalue weighted by Crippen LogP contribution is -1.99. The molecule has 23 heavy (non-hydrogen) atoms. The average Bonchev–Trinajstić information content (AvgIpc) is 3.03. The van der Waals surface area contributed by atoms with Crippen molar-refractivity contribution < 1.29 is 9.47 Å². The number of methoxy groups -OCH3 is 1. The van der Waals surface area contributed by atoms with E-state index in [0.717, 1.165) is 27.6 Å². The van der Waals surface area contributed by atoms with Crippen molar-refractivity contribution in [3.63, 3.8) is 0 Å². The van der Waals surface area contributed by atoms with Gasteiger partial charge in [-0.2, -0.15) is 0 Å². The zero-order valence-corrected chi connectivity index (χ0v) is 14.3. The van der Waals surface area contributed by atoms with Crippen molar-refractivity contribution >= 4 is 22.9 Å². The van der Waals surface area contributed by atoms with Crippen molar-refractivity contribution in [2.24, 2.45) is 0 Å². The maximum Gasteiger partial charge on any atom is 0.171 e. The number of benzene rings is 1. The highest BCUT2D eigenvalue weighted by Crippen LogP contribution is 2.29. The fourth-order valence-electron chi connectivity index (χ4n) is 2.09. The number of hydrogen-bond donors (Lipinski definition) is 0. The van der Waals surface area contributed by atoms with Crippen molar-refractivity contribution in [1.29, 1.82) is 0 Å². The first-order valence-corrected chi connectivity index (χ1v) is 8.26. The Morgan fingerprint density at radius 3 is 2.91 bits per heavy atom. The molecule has 0 fully saturated rings. The fraction of sp³-hybridized carbons (Fsp3) is 0.176. The summed E-state index contributed by atoms with van der Waals surface area (Å²) in [7, 11) is 1.65. The summed E-state index contributed by atoms with van der Waals surface area (Å²) < 4.78 is 11.0. The molecule has 0 amide bonds. The quantitative estimate of drug-likeness (QED) is 0.625. The molecule has 0 atom stereocenters. The predicted octanol–water partition coefficient (Wildman–Crippen LogP) is 4.75. The molecule has 0 bridgehead atoms. The molecule has 2 aromatic heterocycles. The van der Waals surface area contributed by atoms with Crippen molar-refractivity contribution in [2.45, 2.75) is 13.5 Å². The first-order chi connectivity index (χ1) is 11.2. The summed E-state index contributed by atoms with van der Waals surface area (Å²) in [5.74, 6) is 1.42. The molecule has 0 saturated heterocycles. The smallest absolute Gasteiger partial charge is 0.171 e. The summed E-state index contributed by atoms with van der Waals surface area (Å²) in [5, 5.41) is 3.28. The zero-order valence-electron chi connectivity index (χ0n) is 12.7. The Balaban J connectivity index is 1.75. The SMILES string of the molecule is COc1cccc(-c2nc(COc3c(C)ccnc3Cl)cs2)c1. The van der Waals surface area contributed by atoms with Crippen LogP contribution in [0.15, 0.2) is 41.9 Å². The molecule has 2 heterocycles. The monoisotopic (exact) mass is 346 g/mol. The van der Waals surface area contributed by atoms with E-state index < -0.39 is 0 Å². The van der Waals surface area contributed by atoms with Gasteiger partial charge in [-0.3, -0.25) is 0 Å². The highest BCUT2D eigenvalue weighted by atomic mass is 35.5. The number of hydrogen-bond acceptors (Lipinski definition) is 5. The zero-order chi connectivity index (χ0) is 16.2. The standard InChI is InChI=1S/C17H15ClN2O2S/c1-11-6-7-19-16(18)15(11)22-9-13-10-23-17(20-13)12-4-3-5-14(8-12)21-2/h3-8,10H,9H2,1-2H3. The summed E-state index contributed by atoms with van der Waals surface area (Å²) in [6, 6.07) is 9.70. The molecule has 0 aliphatic heterocycles. The third kappa shape index (κ3) is 3.63. The van der Waals surface area contributed by atoms with Crippen molar-refractivity contribution in [2.75, 3.05) is 7.11 Å². The van der Waals surface area contributed by atoms with Crippen LogP contribution < -0.4 is 9.47 Å². The fourth-order valence-corrected chi connectivity index (χ4v) is 3.15. The molecule has 0 unspecified atom stereocenters. The number of pyridine rings is 1. The first kappa shape index (κ1) is 15.8. The van der Waals surface area contributed by atoms with Gasteiger partial charge in [0.1, 0.15) is 17.4 Å². The minimum Gasteiger partial charge on any atom is -0.497 e. The Labute approximate surface area is 143 Å². The van der Waals surface area contributed by atoms with E-state index in [4.69, 9.17) is 21.1 Å². The molecule has 6 heteroatoms. The molecule has 0 saturated carbocycles. The molecule has 118 valence electrons. The van der Waals surface area contributed by atoms with E-state index in [9.17, 15) is 0 Å². The highest BCUT2D eigenvalue weighted by Gasteiger charge is 2.10. The third-order valence-corrected chi connectivity index (χ3v) is 4.50. The van der Waals surface area contributed by atoms with Gasteiger partial charge in [0.2, 0.25) is 0 Å². The normalized spacial score (nSPS) is 10.6. The summed E-state index contributed by atoms with van der Waals surface area (Å²) in [6.45, 7) is 2.29. The molecule has 0 aliphatic rings. The lowest BCUT2D eigenvalue weighted by Gasteiger charge is -2.08. The van der Waals surface area contributed by atoms with Crippen LogP contribution in [-0.4, -0.2) is 17.1 Å². The van der Waals surface area contributed by atoms with Gasteiger partial charge in [0.05, 0.1) is 12.8 Å². The van der Waals surface area contributed by atoms with Crippen LogP contribution in [0.4, 0.5) is 0 Å². The molecule has 1 aromatic carbocycles. The lowest BCUT2D eigenvalue weighted by molar-refractivity contribution is 0.299. The number of halogens is 1. The van der Waals surface area contributed by atoms with E-state index in [1.807, 2.05) is 42.6 Å². The van der Waals surface area contributed by atoms with Gasteiger partial charge in [-0.15, -0.1) is 11.3 Å². The molecule has 3 rings (SSSR count). The van der Waals surface area contributed by atoms with Gasteiger partial charge < -0.3 is 9.47 Å². The maximum absolute atomic E-state index is 6.06. The third-order valence-electron chi connectivity index (χ3n) is 3.29. The van der Waals surface area contributed by atoms with E-state index >= 15 is 0 Å². The molecule has 4 nitrogen and oxygen atoms in total. The van der Waals surface area contributed by atoms with Gasteiger partial charge in [0.25, 0.3) is 0 Å². The van der Waals surface area contributed by atoms with E-state index in [1.165, 1.54) is 0 Å². The maximum atomic E-state index is 6.06. The minimum atomic E-state index is 0.354. The Morgan fingerprint density at radius 1 is 1.26 bits per heavy atom. The number of ether oxygens (including phenoxy) is 2. The van der Waals surface area contributed by atoms with Gasteiger partial charge in [0.15, 0.2) is 10.9 Å². The number of aromatic nitrogens is 2. The number of aryl methyl sites for hydroxylation is 1. The van der Waals surface area contributed by atoms with E-state index in [1.54, 1.807) is 24.6 Å². The van der Waals surface area contributed by atoms with Crippen LogP contribution in [0.3, 0.4) is 0 Å². The Morgan fingerprint density at radius 2 is 2.13 bits per heavy atom. The Hall–Kier alpha value is -2.11. The predicted molar refractivity (Wildman–Crippen MR) is 92.4 cm³/mol. The van der Waals surface area contributed by atoms with Gasteiger partial charge >= 0.3 is 0 Å². The molecule has 0 aliphatic carbocycles. The Kier molecular flexibility index (Phi) is 4.79. The molecule has 0 radical (unpaired) electrons. The first-order valence-electron chi connectivity index (χ1n) is 7.00. The van der Waals surface area contributed by atoms with Crippen molar-refractivity contribution in [3.05, 3.63) is 58.3 Å². The number of thiazole rings is 1. The van der Waals surface area contributed by atoms with Crippen molar-refractivity contribution in [1.82, 2.24) is 9.97 Å². The average molecular weight is 347 g/mol. The summed E-state index contributed by atoms with van der Waals surface area (Å²) in [4.78, 5) is 8.64. The topological polar surface area (TPSA) is 44.2 Å². The second-order valence-corrected chi connectivity index (χ2v) is 6.13. The Bertz CT molecular complexity index is 800. The minimum absolute atomic E-state index is 0.354. The van der Waals surface area contributed by atoms with E-state index in [-0.39, 0.29) is 0 Å². The van der Waals surface area contributed by atoms with Gasteiger partial charge in [-0.25, -0.2) is 9.97 Å².